The Bertz CT molecular complexity index is 966. The summed E-state index contributed by atoms with van der Waals surface area (Å²) in [5, 5.41) is 3.18. The Morgan fingerprint density at radius 2 is 2.04 bits per heavy atom. The second kappa shape index (κ2) is 6.62. The number of carbonyl (C=O) groups is 1. The minimum Gasteiger partial charge on any atom is -0.326 e. The number of para-hydroxylation sites is 1. The van der Waals surface area contributed by atoms with Gasteiger partial charge in [-0.15, -0.1) is 0 Å². The fourth-order valence-corrected chi connectivity index (χ4v) is 2.43. The lowest BCUT2D eigenvalue weighted by Gasteiger charge is -2.09. The summed E-state index contributed by atoms with van der Waals surface area (Å²) < 4.78 is 14.6. The molecule has 1 heterocycles. The molecule has 0 radical (unpaired) electrons. The second-order valence-electron chi connectivity index (χ2n) is 5.52. The number of hydrogen-bond acceptors (Lipinski definition) is 3. The van der Waals surface area contributed by atoms with Crippen LogP contribution in [0.4, 0.5) is 10.1 Å². The molecule has 0 saturated carbocycles. The minimum absolute atomic E-state index is 0.0931. The first-order valence-corrected chi connectivity index (χ1v) is 7.55. The van der Waals surface area contributed by atoms with E-state index in [9.17, 15) is 14.0 Å². The summed E-state index contributed by atoms with van der Waals surface area (Å²) >= 11 is 0. The van der Waals surface area contributed by atoms with Gasteiger partial charge in [0.15, 0.2) is 0 Å². The highest BCUT2D eigenvalue weighted by molar-refractivity contribution is 5.91. The van der Waals surface area contributed by atoms with E-state index < -0.39 is 5.82 Å². The van der Waals surface area contributed by atoms with Crippen LogP contribution in [0.1, 0.15) is 12.0 Å². The number of rotatable bonds is 4. The van der Waals surface area contributed by atoms with Crippen LogP contribution in [-0.4, -0.2) is 15.5 Å². The standard InChI is InChI=1S/C18H16FN3O2/c1-12-6-7-13(19)10-16(12)21-17(23)8-9-22-11-20-15-5-3-2-4-14(15)18(22)24/h2-7,10-11H,8-9H2,1H3,(H,21,23). The van der Waals surface area contributed by atoms with Gasteiger partial charge in [-0.25, -0.2) is 9.37 Å². The molecule has 1 aromatic heterocycles. The second-order valence-corrected chi connectivity index (χ2v) is 5.52. The fourth-order valence-electron chi connectivity index (χ4n) is 2.43. The van der Waals surface area contributed by atoms with Crippen LogP contribution in [0.15, 0.2) is 53.6 Å². The van der Waals surface area contributed by atoms with Gasteiger partial charge in [-0.2, -0.15) is 0 Å². The van der Waals surface area contributed by atoms with Gasteiger partial charge in [-0.1, -0.05) is 18.2 Å². The third-order valence-electron chi connectivity index (χ3n) is 3.78. The van der Waals surface area contributed by atoms with Crippen LogP contribution in [0, 0.1) is 12.7 Å². The molecule has 0 aliphatic carbocycles. The van der Waals surface area contributed by atoms with E-state index in [0.717, 1.165) is 5.56 Å². The number of nitrogens with zero attached hydrogens (tertiary/aromatic N) is 2. The van der Waals surface area contributed by atoms with Crippen molar-refractivity contribution in [2.45, 2.75) is 19.9 Å². The highest BCUT2D eigenvalue weighted by Gasteiger charge is 2.08. The predicted molar refractivity (Wildman–Crippen MR) is 90.4 cm³/mol. The van der Waals surface area contributed by atoms with Gasteiger partial charge in [0.05, 0.1) is 17.2 Å². The average molecular weight is 325 g/mol. The summed E-state index contributed by atoms with van der Waals surface area (Å²) in [5.74, 6) is -0.699. The molecule has 5 nitrogen and oxygen atoms in total. The van der Waals surface area contributed by atoms with Gasteiger partial charge in [0, 0.05) is 18.7 Å². The molecule has 122 valence electrons. The highest BCUT2D eigenvalue weighted by Crippen LogP contribution is 2.16. The molecule has 0 bridgehead atoms. The summed E-state index contributed by atoms with van der Waals surface area (Å²) in [5.41, 5.74) is 1.65. The molecule has 0 saturated heterocycles. The Balaban J connectivity index is 1.71. The first-order valence-electron chi connectivity index (χ1n) is 7.55. The summed E-state index contributed by atoms with van der Waals surface area (Å²) in [6, 6.07) is 11.3. The molecule has 0 unspecified atom stereocenters. The van der Waals surface area contributed by atoms with Gasteiger partial charge < -0.3 is 5.32 Å². The van der Waals surface area contributed by atoms with Crippen molar-refractivity contribution < 1.29 is 9.18 Å². The van der Waals surface area contributed by atoms with Crippen molar-refractivity contribution in [3.8, 4) is 0 Å². The van der Waals surface area contributed by atoms with Gasteiger partial charge in [0.25, 0.3) is 5.56 Å². The van der Waals surface area contributed by atoms with Crippen LogP contribution in [0.2, 0.25) is 0 Å². The zero-order valence-electron chi connectivity index (χ0n) is 13.1. The number of benzene rings is 2. The van der Waals surface area contributed by atoms with E-state index in [-0.39, 0.29) is 24.4 Å². The smallest absolute Gasteiger partial charge is 0.261 e. The van der Waals surface area contributed by atoms with E-state index in [1.54, 1.807) is 31.2 Å². The summed E-state index contributed by atoms with van der Waals surface area (Å²) in [6.07, 6.45) is 1.53. The Kier molecular flexibility index (Phi) is 4.37. The molecule has 0 fully saturated rings. The van der Waals surface area contributed by atoms with Gasteiger partial charge in [-0.05, 0) is 36.8 Å². The number of nitrogens with one attached hydrogen (secondary N) is 1. The molecule has 0 aliphatic rings. The van der Waals surface area contributed by atoms with Crippen molar-refractivity contribution in [3.63, 3.8) is 0 Å². The maximum atomic E-state index is 13.2. The Morgan fingerprint density at radius 1 is 1.25 bits per heavy atom. The monoisotopic (exact) mass is 325 g/mol. The van der Waals surface area contributed by atoms with E-state index >= 15 is 0 Å². The van der Waals surface area contributed by atoms with Crippen molar-refractivity contribution >= 4 is 22.5 Å². The van der Waals surface area contributed by atoms with Gasteiger partial charge in [-0.3, -0.25) is 14.2 Å². The molecular formula is C18H16FN3O2. The predicted octanol–water partition coefficient (Wildman–Crippen LogP) is 2.87. The normalized spacial score (nSPS) is 10.8. The lowest BCUT2D eigenvalue weighted by Crippen LogP contribution is -2.23. The van der Waals surface area contributed by atoms with E-state index in [1.165, 1.54) is 23.0 Å². The van der Waals surface area contributed by atoms with Crippen molar-refractivity contribution in [2.24, 2.45) is 0 Å². The van der Waals surface area contributed by atoms with E-state index in [0.29, 0.717) is 16.6 Å². The van der Waals surface area contributed by atoms with E-state index in [1.807, 2.05) is 6.07 Å². The number of aromatic nitrogens is 2. The Labute approximate surface area is 137 Å². The minimum atomic E-state index is -0.411. The zero-order chi connectivity index (χ0) is 17.1. The van der Waals surface area contributed by atoms with Crippen LogP contribution in [0.3, 0.4) is 0 Å². The number of anilines is 1. The first kappa shape index (κ1) is 15.9. The summed E-state index contributed by atoms with van der Waals surface area (Å²) in [4.78, 5) is 28.6. The Morgan fingerprint density at radius 3 is 2.88 bits per heavy atom. The molecule has 1 amide bonds. The largest absolute Gasteiger partial charge is 0.326 e. The van der Waals surface area contributed by atoms with Crippen LogP contribution >= 0.6 is 0 Å². The quantitative estimate of drug-likeness (QED) is 0.802. The van der Waals surface area contributed by atoms with Crippen molar-refractivity contribution in [3.05, 3.63) is 70.5 Å². The van der Waals surface area contributed by atoms with Crippen LogP contribution in [-0.2, 0) is 11.3 Å². The Hall–Kier alpha value is -3.02. The fraction of sp³-hybridized carbons (Fsp3) is 0.167. The van der Waals surface area contributed by atoms with Crippen molar-refractivity contribution in [2.75, 3.05) is 5.32 Å². The SMILES string of the molecule is Cc1ccc(F)cc1NC(=O)CCn1cnc2ccccc2c1=O. The van der Waals surface area contributed by atoms with Crippen LogP contribution in [0.25, 0.3) is 10.9 Å². The molecular weight excluding hydrogens is 309 g/mol. The van der Waals surface area contributed by atoms with Crippen molar-refractivity contribution in [1.82, 2.24) is 9.55 Å². The molecule has 0 spiro atoms. The number of fused-ring (bicyclic) bond motifs is 1. The number of carbonyl (C=O) groups excluding carboxylic acids is 1. The third-order valence-corrected chi connectivity index (χ3v) is 3.78. The van der Waals surface area contributed by atoms with Crippen LogP contribution < -0.4 is 10.9 Å². The lowest BCUT2D eigenvalue weighted by molar-refractivity contribution is -0.116. The zero-order valence-corrected chi connectivity index (χ0v) is 13.1. The van der Waals surface area contributed by atoms with E-state index in [4.69, 9.17) is 0 Å². The molecule has 3 aromatic rings. The lowest BCUT2D eigenvalue weighted by atomic mass is 10.2. The average Bonchev–Trinajstić information content (AvgIpc) is 2.58. The molecule has 0 aliphatic heterocycles. The molecule has 3 rings (SSSR count). The first-order chi connectivity index (χ1) is 11.5. The number of aryl methyl sites for hydroxylation is 2. The molecule has 6 heteroatoms. The number of halogens is 1. The van der Waals surface area contributed by atoms with Gasteiger partial charge in [0.2, 0.25) is 5.91 Å². The van der Waals surface area contributed by atoms with Crippen LogP contribution in [0.5, 0.6) is 0 Å². The van der Waals surface area contributed by atoms with Gasteiger partial charge >= 0.3 is 0 Å². The molecule has 1 N–H and O–H groups in total. The van der Waals surface area contributed by atoms with E-state index in [2.05, 4.69) is 10.3 Å². The summed E-state index contributed by atoms with van der Waals surface area (Å²) in [7, 11) is 0. The topological polar surface area (TPSA) is 64.0 Å². The molecule has 2 aromatic carbocycles. The number of amides is 1. The molecule has 24 heavy (non-hydrogen) atoms. The van der Waals surface area contributed by atoms with Gasteiger partial charge in [0.1, 0.15) is 5.82 Å². The number of hydrogen-bond donors (Lipinski definition) is 1. The third kappa shape index (κ3) is 3.32. The summed E-state index contributed by atoms with van der Waals surface area (Å²) in [6.45, 7) is 1.99. The maximum absolute atomic E-state index is 13.2. The maximum Gasteiger partial charge on any atom is 0.261 e. The molecule has 0 atom stereocenters. The highest BCUT2D eigenvalue weighted by atomic mass is 19.1. The van der Waals surface area contributed by atoms with Crippen molar-refractivity contribution in [1.29, 1.82) is 0 Å².